The van der Waals surface area contributed by atoms with E-state index in [9.17, 15) is 4.79 Å². The third-order valence-corrected chi connectivity index (χ3v) is 3.21. The Morgan fingerprint density at radius 1 is 1.33 bits per heavy atom. The van der Waals surface area contributed by atoms with Crippen molar-refractivity contribution in [1.82, 2.24) is 4.98 Å². The van der Waals surface area contributed by atoms with Crippen molar-refractivity contribution in [2.24, 2.45) is 0 Å². The monoisotopic (exact) mass is 303 g/mol. The molecule has 5 heteroatoms. The molecule has 4 nitrogen and oxygen atoms in total. The molecule has 2 aromatic rings. The Morgan fingerprint density at radius 2 is 2.14 bits per heavy atom. The maximum Gasteiger partial charge on any atom is 0.257 e. The standard InChI is InChI=1S/C16H18ClN3O/c1-3-7-18-15-14(17)9-12(10-19-15)16(21)20-13-6-4-5-11(2)8-13/h4-6,8-10H,3,7H2,1-2H3,(H,18,19)(H,20,21). The van der Waals surface area contributed by atoms with Crippen LogP contribution in [0.25, 0.3) is 0 Å². The Balaban J connectivity index is 2.11. The molecule has 0 unspecified atom stereocenters. The lowest BCUT2D eigenvalue weighted by Gasteiger charge is -2.09. The molecule has 0 aliphatic rings. The van der Waals surface area contributed by atoms with Gasteiger partial charge in [-0.3, -0.25) is 4.79 Å². The topological polar surface area (TPSA) is 54.0 Å². The van der Waals surface area contributed by atoms with Gasteiger partial charge in [0.15, 0.2) is 0 Å². The molecule has 1 aromatic heterocycles. The minimum Gasteiger partial charge on any atom is -0.369 e. The van der Waals surface area contributed by atoms with Crippen LogP contribution < -0.4 is 10.6 Å². The molecule has 0 saturated heterocycles. The van der Waals surface area contributed by atoms with Crippen molar-refractivity contribution in [3.63, 3.8) is 0 Å². The SMILES string of the molecule is CCCNc1ncc(C(=O)Nc2cccc(C)c2)cc1Cl. The number of amides is 1. The van der Waals surface area contributed by atoms with Gasteiger partial charge in [0, 0.05) is 18.4 Å². The van der Waals surface area contributed by atoms with Crippen molar-refractivity contribution in [1.29, 1.82) is 0 Å². The first-order valence-electron chi connectivity index (χ1n) is 6.87. The van der Waals surface area contributed by atoms with Crippen LogP contribution in [0, 0.1) is 6.92 Å². The minimum atomic E-state index is -0.225. The fourth-order valence-corrected chi connectivity index (χ4v) is 2.09. The lowest BCUT2D eigenvalue weighted by Crippen LogP contribution is -2.13. The van der Waals surface area contributed by atoms with E-state index < -0.39 is 0 Å². The molecule has 0 saturated carbocycles. The van der Waals surface area contributed by atoms with Gasteiger partial charge < -0.3 is 10.6 Å². The zero-order valence-electron chi connectivity index (χ0n) is 12.1. The van der Waals surface area contributed by atoms with Gasteiger partial charge in [-0.2, -0.15) is 0 Å². The van der Waals surface area contributed by atoms with Crippen LogP contribution in [-0.4, -0.2) is 17.4 Å². The molecule has 0 bridgehead atoms. The van der Waals surface area contributed by atoms with Crippen molar-refractivity contribution in [3.8, 4) is 0 Å². The Bertz CT molecular complexity index is 643. The van der Waals surface area contributed by atoms with Crippen molar-refractivity contribution in [2.75, 3.05) is 17.2 Å². The molecule has 0 radical (unpaired) electrons. The second kappa shape index (κ2) is 7.09. The molecule has 0 fully saturated rings. The van der Waals surface area contributed by atoms with Crippen molar-refractivity contribution in [2.45, 2.75) is 20.3 Å². The second-order valence-electron chi connectivity index (χ2n) is 4.80. The fraction of sp³-hybridized carbons (Fsp3) is 0.250. The van der Waals surface area contributed by atoms with Crippen LogP contribution in [0.1, 0.15) is 29.3 Å². The predicted octanol–water partition coefficient (Wildman–Crippen LogP) is 4.12. The molecule has 21 heavy (non-hydrogen) atoms. The van der Waals surface area contributed by atoms with Gasteiger partial charge in [0.2, 0.25) is 0 Å². The van der Waals surface area contributed by atoms with Gasteiger partial charge in [-0.1, -0.05) is 30.7 Å². The number of pyridine rings is 1. The van der Waals surface area contributed by atoms with Crippen LogP contribution in [-0.2, 0) is 0 Å². The number of hydrogen-bond acceptors (Lipinski definition) is 3. The summed E-state index contributed by atoms with van der Waals surface area (Å²) < 4.78 is 0. The van der Waals surface area contributed by atoms with Crippen LogP contribution in [0.2, 0.25) is 5.02 Å². The first-order valence-corrected chi connectivity index (χ1v) is 7.25. The highest BCUT2D eigenvalue weighted by Gasteiger charge is 2.10. The van der Waals surface area contributed by atoms with Gasteiger partial charge >= 0.3 is 0 Å². The predicted molar refractivity (Wildman–Crippen MR) is 87.2 cm³/mol. The lowest BCUT2D eigenvalue weighted by atomic mass is 10.2. The second-order valence-corrected chi connectivity index (χ2v) is 5.21. The number of benzene rings is 1. The molecule has 1 amide bonds. The summed E-state index contributed by atoms with van der Waals surface area (Å²) in [6, 6.07) is 9.25. The average Bonchev–Trinajstić information content (AvgIpc) is 2.46. The Hall–Kier alpha value is -2.07. The molecular weight excluding hydrogens is 286 g/mol. The van der Waals surface area contributed by atoms with E-state index in [4.69, 9.17) is 11.6 Å². The molecule has 1 aromatic carbocycles. The summed E-state index contributed by atoms with van der Waals surface area (Å²) in [4.78, 5) is 16.4. The molecule has 2 N–H and O–H groups in total. The lowest BCUT2D eigenvalue weighted by molar-refractivity contribution is 0.102. The molecule has 1 heterocycles. The van der Waals surface area contributed by atoms with Crippen LogP contribution >= 0.6 is 11.6 Å². The van der Waals surface area contributed by atoms with E-state index in [-0.39, 0.29) is 5.91 Å². The third-order valence-electron chi connectivity index (χ3n) is 2.92. The van der Waals surface area contributed by atoms with Gasteiger partial charge in [0.05, 0.1) is 10.6 Å². The number of nitrogens with one attached hydrogen (secondary N) is 2. The molecular formula is C16H18ClN3O. The third kappa shape index (κ3) is 4.20. The van der Waals surface area contributed by atoms with E-state index in [1.54, 1.807) is 6.07 Å². The summed E-state index contributed by atoms with van der Waals surface area (Å²) in [6.07, 6.45) is 2.50. The summed E-state index contributed by atoms with van der Waals surface area (Å²) in [6.45, 7) is 4.83. The summed E-state index contributed by atoms with van der Waals surface area (Å²) in [5, 5.41) is 6.39. The number of nitrogens with zero attached hydrogens (tertiary/aromatic N) is 1. The zero-order valence-corrected chi connectivity index (χ0v) is 12.9. The molecule has 2 rings (SSSR count). The van der Waals surface area contributed by atoms with Crippen molar-refractivity contribution in [3.05, 3.63) is 52.7 Å². The maximum atomic E-state index is 12.2. The Labute approximate surface area is 129 Å². The van der Waals surface area contributed by atoms with Crippen LogP contribution in [0.4, 0.5) is 11.5 Å². The number of halogens is 1. The Morgan fingerprint density at radius 3 is 2.81 bits per heavy atom. The highest BCUT2D eigenvalue weighted by molar-refractivity contribution is 6.33. The number of anilines is 2. The van der Waals surface area contributed by atoms with E-state index in [2.05, 4.69) is 22.5 Å². The minimum absolute atomic E-state index is 0.225. The van der Waals surface area contributed by atoms with E-state index in [0.717, 1.165) is 24.2 Å². The fourth-order valence-electron chi connectivity index (χ4n) is 1.86. The van der Waals surface area contributed by atoms with Gasteiger partial charge in [0.25, 0.3) is 5.91 Å². The smallest absolute Gasteiger partial charge is 0.257 e. The Kier molecular flexibility index (Phi) is 5.17. The normalized spacial score (nSPS) is 10.2. The number of aromatic nitrogens is 1. The molecule has 0 aliphatic carbocycles. The molecule has 110 valence electrons. The van der Waals surface area contributed by atoms with Crippen LogP contribution in [0.15, 0.2) is 36.5 Å². The van der Waals surface area contributed by atoms with Crippen LogP contribution in [0.5, 0.6) is 0 Å². The first kappa shape index (κ1) is 15.3. The number of hydrogen-bond donors (Lipinski definition) is 2. The zero-order chi connectivity index (χ0) is 15.2. The van der Waals surface area contributed by atoms with E-state index in [1.165, 1.54) is 6.20 Å². The van der Waals surface area contributed by atoms with E-state index in [0.29, 0.717) is 16.4 Å². The highest BCUT2D eigenvalue weighted by atomic mass is 35.5. The maximum absolute atomic E-state index is 12.2. The van der Waals surface area contributed by atoms with E-state index >= 15 is 0 Å². The molecule has 0 atom stereocenters. The van der Waals surface area contributed by atoms with Gasteiger partial charge in [0.1, 0.15) is 5.82 Å². The number of carbonyl (C=O) groups excluding carboxylic acids is 1. The summed E-state index contributed by atoms with van der Waals surface area (Å²) in [7, 11) is 0. The molecule has 0 aliphatic heterocycles. The quantitative estimate of drug-likeness (QED) is 0.873. The summed E-state index contributed by atoms with van der Waals surface area (Å²) in [5.41, 5.74) is 2.27. The molecule has 0 spiro atoms. The number of carbonyl (C=O) groups is 1. The van der Waals surface area contributed by atoms with Gasteiger partial charge in [-0.25, -0.2) is 4.98 Å². The van der Waals surface area contributed by atoms with Crippen LogP contribution in [0.3, 0.4) is 0 Å². The van der Waals surface area contributed by atoms with Gasteiger partial charge in [-0.15, -0.1) is 0 Å². The number of rotatable bonds is 5. The summed E-state index contributed by atoms with van der Waals surface area (Å²) >= 11 is 6.13. The first-order chi connectivity index (χ1) is 10.1. The van der Waals surface area contributed by atoms with Crippen molar-refractivity contribution >= 4 is 29.0 Å². The number of aryl methyl sites for hydroxylation is 1. The summed E-state index contributed by atoms with van der Waals surface area (Å²) in [5.74, 6) is 0.377. The van der Waals surface area contributed by atoms with Gasteiger partial charge in [-0.05, 0) is 37.1 Å². The highest BCUT2D eigenvalue weighted by Crippen LogP contribution is 2.21. The largest absolute Gasteiger partial charge is 0.369 e. The average molecular weight is 304 g/mol. The van der Waals surface area contributed by atoms with E-state index in [1.807, 2.05) is 31.2 Å². The van der Waals surface area contributed by atoms with Crippen molar-refractivity contribution < 1.29 is 4.79 Å².